The van der Waals surface area contributed by atoms with Gasteiger partial charge in [0.2, 0.25) is 10.0 Å². The third-order valence-corrected chi connectivity index (χ3v) is 11.9. The van der Waals surface area contributed by atoms with E-state index in [2.05, 4.69) is 4.72 Å². The third-order valence-electron chi connectivity index (χ3n) is 2.07. The summed E-state index contributed by atoms with van der Waals surface area (Å²) < 4.78 is 40.3. The Bertz CT molecular complexity index is 537. The minimum atomic E-state index is -3.82. The zero-order valence-electron chi connectivity index (χ0n) is 9.81. The molecule has 0 fully saturated rings. The van der Waals surface area contributed by atoms with E-state index in [1.165, 1.54) is 19.2 Å². The summed E-state index contributed by atoms with van der Waals surface area (Å²) >= 11 is 1.33. The van der Waals surface area contributed by atoms with Crippen LogP contribution in [0.1, 0.15) is 0 Å². The molecule has 1 aromatic carbocycles. The van der Waals surface area contributed by atoms with Crippen molar-refractivity contribution < 1.29 is 13.0 Å². The zero-order valence-corrected chi connectivity index (χ0v) is 13.2. The molecular weight excluding hydrogens is 313 g/mol. The Hall–Kier alpha value is -0.0200. The van der Waals surface area contributed by atoms with E-state index in [-0.39, 0.29) is 4.90 Å². The first-order valence-corrected chi connectivity index (χ1v) is 10.8. The maximum atomic E-state index is 12.4. The van der Waals surface area contributed by atoms with Crippen molar-refractivity contribution in [2.75, 3.05) is 14.1 Å². The monoisotopic (exact) mass is 327 g/mol. The third kappa shape index (κ3) is 3.30. The van der Waals surface area contributed by atoms with Crippen LogP contribution >= 0.6 is 28.8 Å². The first-order valence-electron chi connectivity index (χ1n) is 4.77. The molecule has 0 bridgehead atoms. The van der Waals surface area contributed by atoms with E-state index >= 15 is 0 Å². The maximum absolute atomic E-state index is 12.4. The molecule has 0 amide bonds. The van der Waals surface area contributed by atoms with Gasteiger partial charge in [-0.2, -0.15) is 0 Å². The van der Waals surface area contributed by atoms with Crippen molar-refractivity contribution in [2.24, 2.45) is 5.14 Å². The van der Waals surface area contributed by atoms with E-state index in [0.29, 0.717) is 11.6 Å². The van der Waals surface area contributed by atoms with E-state index in [9.17, 15) is 13.0 Å². The number of nitrogens with two attached hydrogens (primary N) is 1. The predicted octanol–water partition coefficient (Wildman–Crippen LogP) is 1.89. The highest BCUT2D eigenvalue weighted by molar-refractivity contribution is 8.89. The summed E-state index contributed by atoms with van der Waals surface area (Å²) in [6, 6.07) is 7.81. The van der Waals surface area contributed by atoms with Crippen molar-refractivity contribution in [2.45, 2.75) is 4.90 Å². The lowest BCUT2D eigenvalue weighted by molar-refractivity contribution is 0.539. The van der Waals surface area contributed by atoms with Gasteiger partial charge >= 0.3 is 0 Å². The fourth-order valence-electron chi connectivity index (χ4n) is 1.14. The average Bonchev–Trinajstić information content (AvgIpc) is 2.39. The van der Waals surface area contributed by atoms with Crippen LogP contribution in [0.3, 0.4) is 0 Å². The van der Waals surface area contributed by atoms with Crippen LogP contribution in [0.4, 0.5) is 0 Å². The van der Waals surface area contributed by atoms with Crippen LogP contribution in [0.25, 0.3) is 0 Å². The summed E-state index contributed by atoms with van der Waals surface area (Å²) in [5, 5.41) is 5.36. The number of benzene rings is 1. The van der Waals surface area contributed by atoms with Crippen LogP contribution in [0.15, 0.2) is 35.2 Å². The van der Waals surface area contributed by atoms with Crippen molar-refractivity contribution in [3.63, 3.8) is 0 Å². The van der Waals surface area contributed by atoms with Crippen LogP contribution in [0.2, 0.25) is 0 Å². The smallest absolute Gasteiger partial charge is 0.279 e. The topological polar surface area (TPSA) is 92.5 Å². The molecule has 0 aliphatic carbocycles. The number of hydrogen-bond acceptors (Lipinski definition) is 7. The van der Waals surface area contributed by atoms with Gasteiger partial charge in [-0.3, -0.25) is 14.4 Å². The van der Waals surface area contributed by atoms with Gasteiger partial charge in [0.25, 0.3) is 5.70 Å². The van der Waals surface area contributed by atoms with E-state index < -0.39 is 15.7 Å². The normalized spacial score (nSPS) is 15.6. The van der Waals surface area contributed by atoms with Gasteiger partial charge in [-0.05, 0) is 19.2 Å². The van der Waals surface area contributed by atoms with Crippen molar-refractivity contribution in [1.82, 2.24) is 8.80 Å². The van der Waals surface area contributed by atoms with Crippen LogP contribution in [-0.4, -0.2) is 26.6 Å². The summed E-state index contributed by atoms with van der Waals surface area (Å²) in [5.41, 5.74) is -3.33. The molecule has 1 atom stereocenters. The maximum Gasteiger partial charge on any atom is 0.298 e. The Morgan fingerprint density at radius 2 is 1.89 bits per heavy atom. The van der Waals surface area contributed by atoms with Crippen molar-refractivity contribution in [3.8, 4) is 0 Å². The summed E-state index contributed by atoms with van der Waals surface area (Å²) in [4.78, 5) is 0.0819. The lowest BCUT2D eigenvalue weighted by Crippen LogP contribution is -2.23. The Balaban J connectivity index is 3.17. The standard InChI is InChI=1S/C8H14N3O3PS3/c1-10-17-15(12,16-9)11(2)18(13,14)8-6-4-3-5-7-8/h3-7,10H,9H2,1-2H3. The summed E-state index contributed by atoms with van der Waals surface area (Å²) in [5.74, 6) is 0. The molecule has 1 rings (SSSR count). The van der Waals surface area contributed by atoms with Crippen molar-refractivity contribution in [3.05, 3.63) is 30.3 Å². The van der Waals surface area contributed by atoms with Crippen molar-refractivity contribution >= 4 is 38.9 Å². The van der Waals surface area contributed by atoms with Crippen LogP contribution in [0.5, 0.6) is 0 Å². The molecular formula is C8H14N3O3PS3. The molecule has 0 radical (unpaired) electrons. The molecule has 0 aliphatic rings. The Morgan fingerprint density at radius 1 is 1.33 bits per heavy atom. The largest absolute Gasteiger partial charge is 0.298 e. The first kappa shape index (κ1) is 16.0. The molecule has 1 aromatic rings. The quantitative estimate of drug-likeness (QED) is 0.609. The van der Waals surface area contributed by atoms with Crippen LogP contribution < -0.4 is 9.86 Å². The van der Waals surface area contributed by atoms with E-state index in [1.54, 1.807) is 25.2 Å². The molecule has 6 nitrogen and oxygen atoms in total. The molecule has 18 heavy (non-hydrogen) atoms. The van der Waals surface area contributed by atoms with Gasteiger partial charge in [-0.15, -0.1) is 4.08 Å². The Kier molecular flexibility index (Phi) is 5.72. The summed E-state index contributed by atoms with van der Waals surface area (Å²) in [6.07, 6.45) is 0. The highest BCUT2D eigenvalue weighted by atomic mass is 33.1. The van der Waals surface area contributed by atoms with Gasteiger partial charge in [0.1, 0.15) is 0 Å². The molecule has 0 spiro atoms. The number of rotatable bonds is 6. The highest BCUT2D eigenvalue weighted by Crippen LogP contribution is 2.68. The van der Waals surface area contributed by atoms with Gasteiger partial charge in [0.15, 0.2) is 0 Å². The first-order chi connectivity index (χ1) is 8.38. The molecule has 0 aliphatic heterocycles. The average molecular weight is 327 g/mol. The van der Waals surface area contributed by atoms with Gasteiger partial charge in [0, 0.05) is 30.2 Å². The molecule has 0 aromatic heterocycles. The van der Waals surface area contributed by atoms with E-state index in [1.807, 2.05) is 0 Å². The zero-order chi connectivity index (χ0) is 13.8. The lowest BCUT2D eigenvalue weighted by atomic mass is 10.4. The number of sulfonamides is 1. The number of nitrogens with zero attached hydrogens (tertiary/aromatic N) is 1. The van der Waals surface area contributed by atoms with E-state index in [0.717, 1.165) is 15.6 Å². The Labute approximate surface area is 115 Å². The SMILES string of the molecule is CNSP(=O)(SN)N(C)S(=O)(=O)c1ccccc1. The lowest BCUT2D eigenvalue weighted by Gasteiger charge is -2.24. The summed E-state index contributed by atoms with van der Waals surface area (Å²) in [7, 11) is -1.01. The van der Waals surface area contributed by atoms with Gasteiger partial charge < -0.3 is 0 Å². The summed E-state index contributed by atoms with van der Waals surface area (Å²) in [6.45, 7) is 0. The van der Waals surface area contributed by atoms with E-state index in [4.69, 9.17) is 5.14 Å². The second-order valence-corrected chi connectivity index (χ2v) is 12.5. The fourth-order valence-corrected chi connectivity index (χ4v) is 8.65. The molecule has 1 unspecified atom stereocenters. The second kappa shape index (κ2) is 6.42. The number of nitrogens with one attached hydrogen (secondary N) is 1. The van der Waals surface area contributed by atoms with Crippen molar-refractivity contribution in [1.29, 1.82) is 0 Å². The van der Waals surface area contributed by atoms with Crippen LogP contribution in [0, 0.1) is 0 Å². The van der Waals surface area contributed by atoms with Gasteiger partial charge in [-0.1, -0.05) is 18.2 Å². The fraction of sp³-hybridized carbons (Fsp3) is 0.250. The molecule has 0 saturated heterocycles. The number of hydrogen-bond donors (Lipinski definition) is 2. The highest BCUT2D eigenvalue weighted by Gasteiger charge is 2.38. The van der Waals surface area contributed by atoms with Gasteiger partial charge in [-0.25, -0.2) is 8.42 Å². The molecule has 0 saturated carbocycles. The molecule has 3 N–H and O–H groups in total. The molecule has 10 heteroatoms. The minimum absolute atomic E-state index is 0.0819. The van der Waals surface area contributed by atoms with Gasteiger partial charge in [0.05, 0.1) is 4.90 Å². The van der Waals surface area contributed by atoms with Crippen LogP contribution in [-0.2, 0) is 14.6 Å². The second-order valence-electron chi connectivity index (χ2n) is 3.12. The Morgan fingerprint density at radius 3 is 2.33 bits per heavy atom. The minimum Gasteiger partial charge on any atom is -0.279 e. The molecule has 102 valence electrons. The molecule has 0 heterocycles. The predicted molar refractivity (Wildman–Crippen MR) is 77.4 cm³/mol.